The molecule has 0 atom stereocenters. The van der Waals surface area contributed by atoms with Crippen molar-refractivity contribution in [3.05, 3.63) is 54.1 Å². The number of rotatable bonds is 10. The van der Waals surface area contributed by atoms with Crippen LogP contribution in [-0.2, 0) is 26.8 Å². The van der Waals surface area contributed by atoms with Crippen LogP contribution < -0.4 is 51.2 Å². The van der Waals surface area contributed by atoms with Crippen molar-refractivity contribution in [2.45, 2.75) is 16.3 Å². The molecule has 3 aromatic rings. The maximum atomic E-state index is 11.7. The molecule has 13 nitrogen and oxygen atoms in total. The molecule has 6 N–H and O–H groups in total. The van der Waals surface area contributed by atoms with Crippen LogP contribution in [0.1, 0.15) is 5.56 Å². The van der Waals surface area contributed by atoms with E-state index in [0.717, 1.165) is 23.8 Å². The Balaban J connectivity index is 0.00000408. The Hall–Kier alpha value is -2.37. The van der Waals surface area contributed by atoms with Crippen LogP contribution in [0.3, 0.4) is 0 Å². The van der Waals surface area contributed by atoms with Gasteiger partial charge in [-0.15, -0.1) is 0 Å². The summed E-state index contributed by atoms with van der Waals surface area (Å²) in [4.78, 5) is 11.1. The molecule has 3 rings (SSSR count). The summed E-state index contributed by atoms with van der Waals surface area (Å²) in [5, 5.41) is 8.39. The van der Waals surface area contributed by atoms with Gasteiger partial charge >= 0.3 is 29.6 Å². The van der Waals surface area contributed by atoms with Crippen molar-refractivity contribution in [2.75, 3.05) is 29.0 Å². The summed E-state index contributed by atoms with van der Waals surface area (Å²) >= 11 is 0. The third-order valence-corrected chi connectivity index (χ3v) is 5.86. The van der Waals surface area contributed by atoms with E-state index in [0.29, 0.717) is 13.1 Å². The van der Waals surface area contributed by atoms with E-state index in [1.807, 2.05) is 30.3 Å². The van der Waals surface area contributed by atoms with Gasteiger partial charge in [0.05, 0.1) is 10.6 Å². The Morgan fingerprint density at radius 3 is 2.12 bits per heavy atom. The second-order valence-corrected chi connectivity index (χ2v) is 9.34. The third kappa shape index (κ3) is 7.85. The fourth-order valence-electron chi connectivity index (χ4n) is 2.66. The van der Waals surface area contributed by atoms with Crippen molar-refractivity contribution in [3.8, 4) is 0 Å². The predicted molar refractivity (Wildman–Crippen MR) is 119 cm³/mol. The Kier molecular flexibility index (Phi) is 9.72. The molecule has 0 amide bonds. The first-order chi connectivity index (χ1) is 15.6. The van der Waals surface area contributed by atoms with Gasteiger partial charge in [0.25, 0.3) is 10.1 Å². The van der Waals surface area contributed by atoms with Gasteiger partial charge in [-0.25, -0.2) is 8.42 Å². The van der Waals surface area contributed by atoms with E-state index in [9.17, 15) is 25.9 Å². The van der Waals surface area contributed by atoms with Gasteiger partial charge in [-0.1, -0.05) is 30.3 Å². The fraction of sp³-hybridized carbons (Fsp3) is 0.167. The molecule has 2 aromatic carbocycles. The monoisotopic (exact) mass is 517 g/mol. The fourth-order valence-corrected chi connectivity index (χ4v) is 3.78. The van der Waals surface area contributed by atoms with Gasteiger partial charge in [0, 0.05) is 19.6 Å². The van der Waals surface area contributed by atoms with Crippen LogP contribution in [0.25, 0.3) is 0 Å². The molecule has 0 fully saturated rings. The largest absolute Gasteiger partial charge is 1.00 e. The second-order valence-electron chi connectivity index (χ2n) is 6.57. The minimum atomic E-state index is -4.91. The molecule has 0 aliphatic rings. The Bertz CT molecular complexity index is 1340. The Labute approximate surface area is 218 Å². The quantitative estimate of drug-likeness (QED) is 0.142. The SMILES string of the molecule is NCCNc1nc(NCc2ccccc2)nc(Nc2cc(S(=O)(=O)[O-])ccc2S(=O)(=O)O)n1.[Na+]. The normalized spacial score (nSPS) is 11.4. The van der Waals surface area contributed by atoms with Crippen LogP contribution >= 0.6 is 0 Å². The molecule has 1 heterocycles. The molecule has 16 heteroatoms. The second kappa shape index (κ2) is 11.9. The van der Waals surface area contributed by atoms with Crippen molar-refractivity contribution in [1.29, 1.82) is 0 Å². The summed E-state index contributed by atoms with van der Waals surface area (Å²) in [6.45, 7) is 0.958. The standard InChI is InChI=1S/C18H21N7O6S2.Na/c19-8-9-20-16-23-17(21-11-12-4-2-1-3-5-12)25-18(24-16)22-14-10-13(32(26,27)28)6-7-15(14)33(29,30)31;/h1-7,10H,8-9,11,19H2,(H,26,27,28)(H,29,30,31)(H3,20,21,22,23,24,25);/q;+1/p-1. The number of nitrogens with zero attached hydrogens (tertiary/aromatic N) is 3. The maximum Gasteiger partial charge on any atom is 1.00 e. The number of hydrogen-bond acceptors (Lipinski definition) is 12. The summed E-state index contributed by atoms with van der Waals surface area (Å²) in [6, 6.07) is 11.7. The summed E-state index contributed by atoms with van der Waals surface area (Å²) < 4.78 is 67.1. The third-order valence-electron chi connectivity index (χ3n) is 4.12. The first kappa shape index (κ1) is 27.9. The van der Waals surface area contributed by atoms with Gasteiger partial charge in [0.15, 0.2) is 0 Å². The molecule has 176 valence electrons. The molecular weight excluding hydrogens is 497 g/mol. The van der Waals surface area contributed by atoms with Crippen molar-refractivity contribution in [1.82, 2.24) is 15.0 Å². The zero-order valence-electron chi connectivity index (χ0n) is 18.0. The molecule has 0 saturated heterocycles. The van der Waals surface area contributed by atoms with Crippen LogP contribution in [0.15, 0.2) is 58.3 Å². The number of hydrogen-bond donors (Lipinski definition) is 5. The zero-order chi connectivity index (χ0) is 24.1. The van der Waals surface area contributed by atoms with Crippen molar-refractivity contribution in [2.24, 2.45) is 5.73 Å². The maximum absolute atomic E-state index is 11.7. The molecule has 0 aliphatic heterocycles. The van der Waals surface area contributed by atoms with Gasteiger partial charge in [-0.3, -0.25) is 4.55 Å². The van der Waals surface area contributed by atoms with Gasteiger partial charge < -0.3 is 26.2 Å². The molecule has 0 saturated carbocycles. The topological polar surface area (TPSA) is 212 Å². The molecule has 0 aliphatic carbocycles. The predicted octanol–water partition coefficient (Wildman–Crippen LogP) is -2.25. The number of benzene rings is 2. The first-order valence-corrected chi connectivity index (χ1v) is 12.2. The Morgan fingerprint density at radius 2 is 1.53 bits per heavy atom. The summed E-state index contributed by atoms with van der Waals surface area (Å²) in [6.07, 6.45) is 0. The summed E-state index contributed by atoms with van der Waals surface area (Å²) in [5.74, 6) is 0.0110. The van der Waals surface area contributed by atoms with Crippen LogP contribution in [0.4, 0.5) is 23.5 Å². The van der Waals surface area contributed by atoms with Gasteiger partial charge in [0.1, 0.15) is 15.0 Å². The van der Waals surface area contributed by atoms with E-state index in [-0.39, 0.29) is 53.9 Å². The van der Waals surface area contributed by atoms with Crippen molar-refractivity contribution < 1.29 is 55.5 Å². The van der Waals surface area contributed by atoms with E-state index in [2.05, 4.69) is 30.9 Å². The van der Waals surface area contributed by atoms with Crippen LogP contribution in [-0.4, -0.2) is 54.0 Å². The average molecular weight is 518 g/mol. The van der Waals surface area contributed by atoms with E-state index < -0.39 is 35.7 Å². The van der Waals surface area contributed by atoms with Gasteiger partial charge in [-0.05, 0) is 23.8 Å². The molecule has 0 radical (unpaired) electrons. The van der Waals surface area contributed by atoms with Crippen molar-refractivity contribution in [3.63, 3.8) is 0 Å². The smallest absolute Gasteiger partial charge is 0.744 e. The van der Waals surface area contributed by atoms with Crippen LogP contribution in [0, 0.1) is 0 Å². The first-order valence-electron chi connectivity index (χ1n) is 9.38. The molecule has 0 bridgehead atoms. The number of anilines is 4. The molecule has 0 spiro atoms. The van der Waals surface area contributed by atoms with E-state index >= 15 is 0 Å². The van der Waals surface area contributed by atoms with E-state index in [4.69, 9.17) is 5.73 Å². The zero-order valence-corrected chi connectivity index (χ0v) is 21.6. The van der Waals surface area contributed by atoms with Gasteiger partial charge in [0.2, 0.25) is 17.8 Å². The minimum absolute atomic E-state index is 0. The molecule has 34 heavy (non-hydrogen) atoms. The van der Waals surface area contributed by atoms with Crippen LogP contribution in [0.2, 0.25) is 0 Å². The minimum Gasteiger partial charge on any atom is -0.744 e. The molecular formula is C18H20N7NaO6S2. The summed E-state index contributed by atoms with van der Waals surface area (Å²) in [7, 11) is -9.68. The summed E-state index contributed by atoms with van der Waals surface area (Å²) in [5.41, 5.74) is 6.01. The van der Waals surface area contributed by atoms with E-state index in [1.165, 1.54) is 0 Å². The average Bonchev–Trinajstić information content (AvgIpc) is 2.75. The number of nitrogens with one attached hydrogen (secondary N) is 3. The molecule has 0 unspecified atom stereocenters. The van der Waals surface area contributed by atoms with Gasteiger partial charge in [-0.2, -0.15) is 23.4 Å². The number of nitrogens with two attached hydrogens (primary N) is 1. The van der Waals surface area contributed by atoms with E-state index in [1.54, 1.807) is 0 Å². The van der Waals surface area contributed by atoms with Crippen LogP contribution in [0.5, 0.6) is 0 Å². The Morgan fingerprint density at radius 1 is 0.912 bits per heavy atom. The van der Waals surface area contributed by atoms with Crippen molar-refractivity contribution >= 4 is 43.8 Å². The number of aromatic nitrogens is 3. The molecule has 1 aromatic heterocycles.